The molecule has 1 amide bonds. The minimum atomic E-state index is -0.219. The summed E-state index contributed by atoms with van der Waals surface area (Å²) in [5, 5.41) is 2.77. The van der Waals surface area contributed by atoms with E-state index in [9.17, 15) is 9.59 Å². The van der Waals surface area contributed by atoms with Gasteiger partial charge in [0.15, 0.2) is 6.61 Å². The maximum absolute atomic E-state index is 11.9. The summed E-state index contributed by atoms with van der Waals surface area (Å²) in [4.78, 5) is 22.8. The van der Waals surface area contributed by atoms with Crippen molar-refractivity contribution in [2.45, 2.75) is 19.8 Å². The standard InChI is InChI=1S/C18H18BrNO3/c1-13(21)5-6-14-7-9-17(10-8-14)23-12-18(22)20-16-4-2-3-15(19)11-16/h2-4,7-11H,5-6,12H2,1H3,(H,20,22). The van der Waals surface area contributed by atoms with E-state index in [1.807, 2.05) is 48.5 Å². The molecule has 0 aliphatic rings. The molecule has 0 bridgehead atoms. The molecular weight excluding hydrogens is 358 g/mol. The van der Waals surface area contributed by atoms with E-state index in [0.717, 1.165) is 16.5 Å². The molecule has 0 aromatic heterocycles. The van der Waals surface area contributed by atoms with Gasteiger partial charge in [-0.2, -0.15) is 0 Å². The van der Waals surface area contributed by atoms with Gasteiger partial charge in [-0.05, 0) is 49.2 Å². The van der Waals surface area contributed by atoms with E-state index in [1.54, 1.807) is 6.92 Å². The number of ether oxygens (including phenoxy) is 1. The fraction of sp³-hybridized carbons (Fsp3) is 0.222. The number of aryl methyl sites for hydroxylation is 1. The number of rotatable bonds is 7. The molecule has 0 aliphatic heterocycles. The Kier molecular flexibility index (Phi) is 6.35. The number of amides is 1. The zero-order valence-electron chi connectivity index (χ0n) is 12.8. The quantitative estimate of drug-likeness (QED) is 0.795. The molecule has 0 spiro atoms. The lowest BCUT2D eigenvalue weighted by Crippen LogP contribution is -2.20. The third kappa shape index (κ3) is 6.24. The van der Waals surface area contributed by atoms with Crippen molar-refractivity contribution >= 4 is 33.3 Å². The number of hydrogen-bond acceptors (Lipinski definition) is 3. The van der Waals surface area contributed by atoms with Crippen molar-refractivity contribution < 1.29 is 14.3 Å². The van der Waals surface area contributed by atoms with Gasteiger partial charge < -0.3 is 14.8 Å². The van der Waals surface area contributed by atoms with Crippen LogP contribution in [0.1, 0.15) is 18.9 Å². The third-order valence-corrected chi connectivity index (χ3v) is 3.66. The van der Waals surface area contributed by atoms with Gasteiger partial charge >= 0.3 is 0 Å². The first-order valence-electron chi connectivity index (χ1n) is 7.29. The summed E-state index contributed by atoms with van der Waals surface area (Å²) < 4.78 is 6.36. The van der Waals surface area contributed by atoms with Crippen LogP contribution in [-0.2, 0) is 16.0 Å². The SMILES string of the molecule is CC(=O)CCc1ccc(OCC(=O)Nc2cccc(Br)c2)cc1. The van der Waals surface area contributed by atoms with Crippen molar-refractivity contribution in [1.29, 1.82) is 0 Å². The molecule has 0 radical (unpaired) electrons. The number of halogens is 1. The van der Waals surface area contributed by atoms with Gasteiger partial charge in [0.25, 0.3) is 5.91 Å². The average molecular weight is 376 g/mol. The summed E-state index contributed by atoms with van der Waals surface area (Å²) in [6.45, 7) is 1.53. The number of carbonyl (C=O) groups is 2. The summed E-state index contributed by atoms with van der Waals surface area (Å²) >= 11 is 3.35. The second-order valence-corrected chi connectivity index (χ2v) is 6.11. The van der Waals surface area contributed by atoms with Crippen molar-refractivity contribution in [3.05, 3.63) is 58.6 Å². The summed E-state index contributed by atoms with van der Waals surface area (Å²) in [7, 11) is 0. The Morgan fingerprint density at radius 1 is 1.13 bits per heavy atom. The molecule has 2 aromatic rings. The maximum Gasteiger partial charge on any atom is 0.262 e. The van der Waals surface area contributed by atoms with Gasteiger partial charge in [-0.15, -0.1) is 0 Å². The van der Waals surface area contributed by atoms with Crippen LogP contribution in [0, 0.1) is 0 Å². The number of Topliss-reactive ketones (excluding diaryl/α,β-unsaturated/α-hetero) is 1. The Morgan fingerprint density at radius 2 is 1.87 bits per heavy atom. The molecule has 0 heterocycles. The highest BCUT2D eigenvalue weighted by molar-refractivity contribution is 9.10. The predicted octanol–water partition coefficient (Wildman–Crippen LogP) is 3.99. The highest BCUT2D eigenvalue weighted by Crippen LogP contribution is 2.16. The second kappa shape index (κ2) is 8.48. The van der Waals surface area contributed by atoms with E-state index in [0.29, 0.717) is 17.9 Å². The van der Waals surface area contributed by atoms with Crippen LogP contribution in [-0.4, -0.2) is 18.3 Å². The number of anilines is 1. The summed E-state index contributed by atoms with van der Waals surface area (Å²) in [5.41, 5.74) is 1.79. The Bertz CT molecular complexity index is 683. The van der Waals surface area contributed by atoms with Crippen LogP contribution < -0.4 is 10.1 Å². The van der Waals surface area contributed by atoms with Crippen LogP contribution in [0.4, 0.5) is 5.69 Å². The van der Waals surface area contributed by atoms with E-state index in [4.69, 9.17) is 4.74 Å². The minimum Gasteiger partial charge on any atom is -0.484 e. The van der Waals surface area contributed by atoms with Crippen LogP contribution in [0.5, 0.6) is 5.75 Å². The zero-order chi connectivity index (χ0) is 16.7. The van der Waals surface area contributed by atoms with Gasteiger partial charge in [-0.25, -0.2) is 0 Å². The van der Waals surface area contributed by atoms with Crippen molar-refractivity contribution in [3.63, 3.8) is 0 Å². The van der Waals surface area contributed by atoms with E-state index < -0.39 is 0 Å². The zero-order valence-corrected chi connectivity index (χ0v) is 14.4. The smallest absolute Gasteiger partial charge is 0.262 e. The number of benzene rings is 2. The summed E-state index contributed by atoms with van der Waals surface area (Å²) in [6.07, 6.45) is 1.26. The molecule has 5 heteroatoms. The largest absolute Gasteiger partial charge is 0.484 e. The normalized spacial score (nSPS) is 10.2. The number of hydrogen-bond donors (Lipinski definition) is 1. The van der Waals surface area contributed by atoms with Gasteiger partial charge in [0, 0.05) is 16.6 Å². The Morgan fingerprint density at radius 3 is 2.52 bits per heavy atom. The molecular formula is C18H18BrNO3. The first-order chi connectivity index (χ1) is 11.0. The van der Waals surface area contributed by atoms with Crippen molar-refractivity contribution in [3.8, 4) is 5.75 Å². The van der Waals surface area contributed by atoms with Gasteiger partial charge in [0.05, 0.1) is 0 Å². The van der Waals surface area contributed by atoms with Crippen LogP contribution in [0.2, 0.25) is 0 Å². The lowest BCUT2D eigenvalue weighted by atomic mass is 10.1. The lowest BCUT2D eigenvalue weighted by molar-refractivity contribution is -0.118. The topological polar surface area (TPSA) is 55.4 Å². The highest BCUT2D eigenvalue weighted by Gasteiger charge is 2.04. The molecule has 120 valence electrons. The fourth-order valence-electron chi connectivity index (χ4n) is 1.98. The maximum atomic E-state index is 11.9. The van der Waals surface area contributed by atoms with Gasteiger partial charge in [-0.3, -0.25) is 4.79 Å². The monoisotopic (exact) mass is 375 g/mol. The number of ketones is 1. The van der Waals surface area contributed by atoms with Gasteiger partial charge in [-0.1, -0.05) is 34.1 Å². The first-order valence-corrected chi connectivity index (χ1v) is 8.09. The van der Waals surface area contributed by atoms with Crippen molar-refractivity contribution in [2.75, 3.05) is 11.9 Å². The molecule has 0 unspecified atom stereocenters. The fourth-order valence-corrected chi connectivity index (χ4v) is 2.38. The van der Waals surface area contributed by atoms with E-state index in [-0.39, 0.29) is 18.3 Å². The Balaban J connectivity index is 1.81. The van der Waals surface area contributed by atoms with Crippen LogP contribution >= 0.6 is 15.9 Å². The molecule has 2 rings (SSSR count). The summed E-state index contributed by atoms with van der Waals surface area (Å²) in [6, 6.07) is 14.8. The molecule has 1 N–H and O–H groups in total. The van der Waals surface area contributed by atoms with Crippen molar-refractivity contribution in [2.24, 2.45) is 0 Å². The van der Waals surface area contributed by atoms with Crippen LogP contribution in [0.3, 0.4) is 0 Å². The molecule has 23 heavy (non-hydrogen) atoms. The van der Waals surface area contributed by atoms with E-state index >= 15 is 0 Å². The lowest BCUT2D eigenvalue weighted by Gasteiger charge is -2.08. The molecule has 0 aliphatic carbocycles. The minimum absolute atomic E-state index is 0.0562. The number of carbonyl (C=O) groups excluding carboxylic acids is 2. The molecule has 4 nitrogen and oxygen atoms in total. The van der Waals surface area contributed by atoms with Crippen LogP contribution in [0.25, 0.3) is 0 Å². The highest BCUT2D eigenvalue weighted by atomic mass is 79.9. The number of nitrogens with one attached hydrogen (secondary N) is 1. The second-order valence-electron chi connectivity index (χ2n) is 5.19. The van der Waals surface area contributed by atoms with Crippen molar-refractivity contribution in [1.82, 2.24) is 0 Å². The van der Waals surface area contributed by atoms with Crippen LogP contribution in [0.15, 0.2) is 53.0 Å². The molecule has 0 saturated carbocycles. The van der Waals surface area contributed by atoms with E-state index in [1.165, 1.54) is 0 Å². The molecule has 2 aromatic carbocycles. The molecule has 0 saturated heterocycles. The first kappa shape index (κ1) is 17.2. The average Bonchev–Trinajstić information content (AvgIpc) is 2.52. The molecule has 0 atom stereocenters. The third-order valence-electron chi connectivity index (χ3n) is 3.17. The van der Waals surface area contributed by atoms with Gasteiger partial charge in [0.2, 0.25) is 0 Å². The van der Waals surface area contributed by atoms with Gasteiger partial charge in [0.1, 0.15) is 11.5 Å². The Hall–Kier alpha value is -2.14. The van der Waals surface area contributed by atoms with E-state index in [2.05, 4.69) is 21.2 Å². The summed E-state index contributed by atoms with van der Waals surface area (Å²) in [5.74, 6) is 0.583. The molecule has 0 fully saturated rings. The Labute approximate surface area is 144 Å². The predicted molar refractivity (Wildman–Crippen MR) is 93.7 cm³/mol.